The maximum atomic E-state index is 13.6. The van der Waals surface area contributed by atoms with Gasteiger partial charge in [0.1, 0.15) is 5.70 Å². The third-order valence-corrected chi connectivity index (χ3v) is 10.2. The summed E-state index contributed by atoms with van der Waals surface area (Å²) in [5, 5.41) is 32.4. The number of β-lactam (4-membered cyclic amide) rings is 1. The predicted octanol–water partition coefficient (Wildman–Crippen LogP) is 4.86. The monoisotopic (exact) mass is 604 g/mol. The van der Waals surface area contributed by atoms with Crippen LogP contribution in [0.4, 0.5) is 5.69 Å². The number of allylic oxidation sites excluding steroid dienone is 1. The van der Waals surface area contributed by atoms with E-state index in [-0.39, 0.29) is 34.2 Å². The minimum absolute atomic E-state index is 0.0203. The molecule has 0 radical (unpaired) electrons. The van der Waals surface area contributed by atoms with Gasteiger partial charge in [-0.05, 0) is 63.3 Å². The molecule has 1 fully saturated rings. The first-order valence-corrected chi connectivity index (χ1v) is 15.4. The molecule has 6 unspecified atom stereocenters. The fourth-order valence-electron chi connectivity index (χ4n) is 6.53. The molecule has 3 aliphatic rings. The zero-order valence-corrected chi connectivity index (χ0v) is 25.1. The van der Waals surface area contributed by atoms with Crippen molar-refractivity contribution in [3.63, 3.8) is 0 Å². The molecule has 1 aliphatic carbocycles. The number of rotatable bonds is 9. The van der Waals surface area contributed by atoms with Crippen LogP contribution in [-0.4, -0.2) is 61.4 Å². The molecule has 0 spiro atoms. The minimum atomic E-state index is -1.17. The summed E-state index contributed by atoms with van der Waals surface area (Å²) in [5.74, 6) is -4.34. The molecule has 2 heterocycles. The van der Waals surface area contributed by atoms with Gasteiger partial charge < -0.3 is 25.5 Å². The van der Waals surface area contributed by atoms with Crippen LogP contribution in [0, 0.1) is 24.7 Å². The van der Waals surface area contributed by atoms with Gasteiger partial charge in [0, 0.05) is 21.8 Å². The third kappa shape index (κ3) is 6.26. The molecule has 1 saturated heterocycles. The third-order valence-electron chi connectivity index (χ3n) is 8.57. The Labute approximate surface area is 254 Å². The molecule has 43 heavy (non-hydrogen) atoms. The van der Waals surface area contributed by atoms with Crippen LogP contribution in [0.3, 0.4) is 0 Å². The maximum Gasteiger partial charge on any atom is 0.353 e. The Kier molecular flexibility index (Phi) is 8.80. The highest BCUT2D eigenvalue weighted by atomic mass is 32.2. The Balaban J connectivity index is 1.41. The van der Waals surface area contributed by atoms with Crippen molar-refractivity contribution in [2.24, 2.45) is 17.8 Å². The molecule has 4 N–H and O–H groups in total. The number of carbonyl (C=O) groups is 4. The van der Waals surface area contributed by atoms with Gasteiger partial charge in [-0.1, -0.05) is 54.5 Å². The predicted molar refractivity (Wildman–Crippen MR) is 163 cm³/mol. The molecule has 226 valence electrons. The second kappa shape index (κ2) is 12.4. The number of hydrogen-bond donors (Lipinski definition) is 4. The van der Waals surface area contributed by atoms with Gasteiger partial charge in [0.05, 0.1) is 29.5 Å². The summed E-state index contributed by atoms with van der Waals surface area (Å²) in [6, 6.07) is 13.9. The van der Waals surface area contributed by atoms with Crippen molar-refractivity contribution >= 4 is 41.2 Å². The average molecular weight is 605 g/mol. The number of carboxylic acid groups (broad SMARTS) is 2. The van der Waals surface area contributed by atoms with E-state index in [2.05, 4.69) is 17.4 Å². The molecular formula is C33H36N2O7S. The van der Waals surface area contributed by atoms with Gasteiger partial charge in [-0.25, -0.2) is 9.59 Å². The van der Waals surface area contributed by atoms with Crippen molar-refractivity contribution in [3.8, 4) is 0 Å². The Morgan fingerprint density at radius 3 is 2.51 bits per heavy atom. The highest BCUT2D eigenvalue weighted by Gasteiger charge is 2.60. The number of anilines is 1. The summed E-state index contributed by atoms with van der Waals surface area (Å²) in [7, 11) is 0. The van der Waals surface area contributed by atoms with Crippen LogP contribution >= 0.6 is 11.8 Å². The number of thioether (sulfide) groups is 1. The molecule has 9 nitrogen and oxygen atoms in total. The van der Waals surface area contributed by atoms with E-state index < -0.39 is 35.9 Å². The summed E-state index contributed by atoms with van der Waals surface area (Å²) in [6.45, 7) is 5.49. The fraction of sp³-hybridized carbons (Fsp3) is 0.394. The molecule has 0 bridgehead atoms. The molecule has 0 aromatic heterocycles. The van der Waals surface area contributed by atoms with Crippen molar-refractivity contribution in [1.29, 1.82) is 0 Å². The lowest BCUT2D eigenvalue weighted by atomic mass is 9.79. The average Bonchev–Trinajstić information content (AvgIpc) is 3.04. The quantitative estimate of drug-likeness (QED) is 0.235. The first-order chi connectivity index (χ1) is 20.4. The van der Waals surface area contributed by atoms with E-state index in [9.17, 15) is 34.5 Å². The van der Waals surface area contributed by atoms with Crippen LogP contribution < -0.4 is 5.32 Å². The van der Waals surface area contributed by atoms with Gasteiger partial charge in [0.15, 0.2) is 0 Å². The number of aliphatic hydroxyl groups excluding tert-OH is 1. The lowest BCUT2D eigenvalue weighted by Crippen LogP contribution is -2.63. The van der Waals surface area contributed by atoms with Crippen LogP contribution in [0.25, 0.3) is 0 Å². The second-order valence-electron chi connectivity index (χ2n) is 11.8. The van der Waals surface area contributed by atoms with Crippen molar-refractivity contribution < 1.29 is 34.5 Å². The van der Waals surface area contributed by atoms with E-state index in [1.54, 1.807) is 19.1 Å². The number of aliphatic carboxylic acids is 1. The molecule has 10 heteroatoms. The van der Waals surface area contributed by atoms with E-state index in [0.29, 0.717) is 29.9 Å². The van der Waals surface area contributed by atoms with Gasteiger partial charge in [-0.2, -0.15) is 0 Å². The Bertz CT molecular complexity index is 1530. The molecule has 0 saturated carbocycles. The fourth-order valence-corrected chi connectivity index (χ4v) is 8.08. The van der Waals surface area contributed by atoms with Crippen molar-refractivity contribution in [3.05, 3.63) is 87.5 Å². The topological polar surface area (TPSA) is 144 Å². The van der Waals surface area contributed by atoms with E-state index in [4.69, 9.17) is 0 Å². The highest BCUT2D eigenvalue weighted by molar-refractivity contribution is 8.03. The molecule has 5 rings (SSSR count). The Hall–Kier alpha value is -3.89. The molecule has 2 aromatic carbocycles. The minimum Gasteiger partial charge on any atom is -0.478 e. The van der Waals surface area contributed by atoms with Crippen molar-refractivity contribution in [1.82, 2.24) is 4.90 Å². The number of carbonyl (C=O) groups excluding carboxylic acids is 2. The maximum absolute atomic E-state index is 13.6. The number of carboxylic acids is 2. The van der Waals surface area contributed by atoms with Gasteiger partial charge in [0.2, 0.25) is 11.8 Å². The molecule has 6 atom stereocenters. The number of nitrogens with one attached hydrogen (secondary N) is 1. The van der Waals surface area contributed by atoms with Crippen LogP contribution in [0.5, 0.6) is 0 Å². The number of aliphatic hydroxyl groups is 1. The van der Waals surface area contributed by atoms with Crippen molar-refractivity contribution in [2.45, 2.75) is 63.9 Å². The first kappa shape index (κ1) is 30.6. The number of nitrogens with zero attached hydrogens (tertiary/aromatic N) is 1. The summed E-state index contributed by atoms with van der Waals surface area (Å²) < 4.78 is 0. The van der Waals surface area contributed by atoms with Crippen LogP contribution in [0.15, 0.2) is 70.8 Å². The lowest BCUT2D eigenvalue weighted by molar-refractivity contribution is -0.163. The second-order valence-corrected chi connectivity index (χ2v) is 13.1. The van der Waals surface area contributed by atoms with E-state index in [1.165, 1.54) is 28.8 Å². The number of fused-ring (bicyclic) bond motifs is 1. The zero-order chi connectivity index (χ0) is 31.0. The molecule has 2 aliphatic heterocycles. The van der Waals surface area contributed by atoms with E-state index in [1.807, 2.05) is 32.1 Å². The number of benzene rings is 2. The summed E-state index contributed by atoms with van der Waals surface area (Å²) in [4.78, 5) is 52.2. The Morgan fingerprint density at radius 2 is 1.84 bits per heavy atom. The first-order valence-electron chi connectivity index (χ1n) is 14.5. The van der Waals surface area contributed by atoms with Gasteiger partial charge in [-0.15, -0.1) is 11.8 Å². The summed E-state index contributed by atoms with van der Waals surface area (Å²) >= 11 is 1.43. The van der Waals surface area contributed by atoms with Crippen LogP contribution in [0.2, 0.25) is 0 Å². The smallest absolute Gasteiger partial charge is 0.353 e. The summed E-state index contributed by atoms with van der Waals surface area (Å²) in [5.41, 5.74) is 3.82. The Morgan fingerprint density at radius 1 is 1.09 bits per heavy atom. The van der Waals surface area contributed by atoms with E-state index in [0.717, 1.165) is 23.1 Å². The van der Waals surface area contributed by atoms with E-state index >= 15 is 0 Å². The number of aryl methyl sites for hydroxylation is 1. The van der Waals surface area contributed by atoms with Crippen LogP contribution in [-0.2, 0) is 20.8 Å². The highest BCUT2D eigenvalue weighted by Crippen LogP contribution is 2.52. The molecular weight excluding hydrogens is 568 g/mol. The standard InChI is InChI=1S/C33H36N2O7S/c1-17-6-4-7-20(12-17)13-21-10-11-25(16-23(14-21)30(37)34-24-9-5-8-22(15-24)32(39)40)43-29-18(2)27-26(19(3)36)31(38)35(27)28(29)33(41)42/h4-9,12,14-15,18-19,23,25-27,36H,10-11,13,16H2,1-3H3,(H,34,37)(H,39,40)(H,41,42). The normalized spacial score (nSPS) is 25.8. The number of amides is 2. The summed E-state index contributed by atoms with van der Waals surface area (Å²) in [6.07, 6.45) is 3.67. The van der Waals surface area contributed by atoms with Crippen LogP contribution in [0.1, 0.15) is 54.6 Å². The van der Waals surface area contributed by atoms with Gasteiger partial charge in [0.25, 0.3) is 0 Å². The number of hydrogen-bond acceptors (Lipinski definition) is 6. The SMILES string of the molecule is Cc1cccc(CC2=CC(C(=O)Nc3cccc(C(=O)O)c3)CC(SC3=C(C(=O)O)N4C(=O)C(C(C)O)C4C3C)CC2)c1. The van der Waals surface area contributed by atoms with Gasteiger partial charge in [-0.3, -0.25) is 9.59 Å². The molecule has 2 amide bonds. The van der Waals surface area contributed by atoms with Crippen molar-refractivity contribution in [2.75, 3.05) is 5.32 Å². The largest absolute Gasteiger partial charge is 0.478 e. The number of aromatic carboxylic acids is 1. The van der Waals surface area contributed by atoms with Gasteiger partial charge >= 0.3 is 11.9 Å². The lowest BCUT2D eigenvalue weighted by Gasteiger charge is -2.46. The molecule has 2 aromatic rings. The zero-order valence-electron chi connectivity index (χ0n) is 24.3.